The van der Waals surface area contributed by atoms with Gasteiger partial charge in [0.2, 0.25) is 5.91 Å². The molecular formula is C48H93NO5. The molecule has 0 aromatic heterocycles. The second-order valence-electron chi connectivity index (χ2n) is 16.4. The first-order valence-electron chi connectivity index (χ1n) is 23.7. The van der Waals surface area contributed by atoms with Gasteiger partial charge in [0, 0.05) is 0 Å². The maximum Gasteiger partial charge on any atom is 0.249 e. The van der Waals surface area contributed by atoms with E-state index in [1.165, 1.54) is 173 Å². The van der Waals surface area contributed by atoms with Crippen LogP contribution >= 0.6 is 0 Å². The highest BCUT2D eigenvalue weighted by atomic mass is 16.3. The number of hydrogen-bond donors (Lipinski definition) is 5. The van der Waals surface area contributed by atoms with Crippen molar-refractivity contribution in [1.29, 1.82) is 0 Å². The topological polar surface area (TPSA) is 110 Å². The summed E-state index contributed by atoms with van der Waals surface area (Å²) in [6.07, 6.45) is 49.4. The molecule has 6 nitrogen and oxygen atoms in total. The molecule has 0 aromatic carbocycles. The lowest BCUT2D eigenvalue weighted by Crippen LogP contribution is -2.53. The van der Waals surface area contributed by atoms with E-state index in [0.717, 1.165) is 44.9 Å². The summed E-state index contributed by atoms with van der Waals surface area (Å²) >= 11 is 0. The normalized spacial score (nSPS) is 14.3. The van der Waals surface area contributed by atoms with Gasteiger partial charge in [0.25, 0.3) is 0 Å². The molecule has 0 aliphatic rings. The summed E-state index contributed by atoms with van der Waals surface area (Å²) in [7, 11) is 0. The predicted octanol–water partition coefficient (Wildman–Crippen LogP) is 12.7. The fourth-order valence-electron chi connectivity index (χ4n) is 7.34. The molecule has 0 spiro atoms. The smallest absolute Gasteiger partial charge is 0.249 e. The average molecular weight is 764 g/mol. The third kappa shape index (κ3) is 36.4. The van der Waals surface area contributed by atoms with Crippen LogP contribution in [0, 0.1) is 0 Å². The lowest BCUT2D eigenvalue weighted by Gasteiger charge is -2.27. The Morgan fingerprint density at radius 1 is 0.444 bits per heavy atom. The van der Waals surface area contributed by atoms with Crippen molar-refractivity contribution in [1.82, 2.24) is 5.32 Å². The minimum Gasteiger partial charge on any atom is -0.394 e. The molecule has 4 unspecified atom stereocenters. The van der Waals surface area contributed by atoms with Crippen molar-refractivity contribution in [3.63, 3.8) is 0 Å². The standard InChI is InChI=1S/C48H93NO5/c1-3-5-7-9-11-13-15-17-19-20-21-22-23-24-25-26-27-28-30-31-33-35-37-39-41-45(51)47(53)44(43-50)49-48(54)46(52)42-40-38-36-34-32-29-18-16-14-12-10-8-6-4-2/h14,16,33,35,44-47,50-53H,3-13,15,17-32,34,36-43H2,1-2H3,(H,49,54)/b16-14-,35-33+. The minimum atomic E-state index is -1.28. The van der Waals surface area contributed by atoms with Crippen LogP contribution in [0.3, 0.4) is 0 Å². The van der Waals surface area contributed by atoms with Crippen LogP contribution in [0.15, 0.2) is 24.3 Å². The Morgan fingerprint density at radius 3 is 1.13 bits per heavy atom. The van der Waals surface area contributed by atoms with Gasteiger partial charge in [-0.25, -0.2) is 0 Å². The summed E-state index contributed by atoms with van der Waals surface area (Å²) in [5.41, 5.74) is 0. The number of unbranched alkanes of at least 4 members (excludes halogenated alkanes) is 30. The van der Waals surface area contributed by atoms with E-state index in [1.54, 1.807) is 0 Å². The number of nitrogens with one attached hydrogen (secondary N) is 1. The first-order valence-corrected chi connectivity index (χ1v) is 23.7. The fraction of sp³-hybridized carbons (Fsp3) is 0.896. The van der Waals surface area contributed by atoms with Crippen molar-refractivity contribution in [2.24, 2.45) is 0 Å². The van der Waals surface area contributed by atoms with Crippen LogP contribution in [0.1, 0.15) is 245 Å². The molecule has 54 heavy (non-hydrogen) atoms. The fourth-order valence-corrected chi connectivity index (χ4v) is 7.34. The largest absolute Gasteiger partial charge is 0.394 e. The van der Waals surface area contributed by atoms with Gasteiger partial charge >= 0.3 is 0 Å². The zero-order chi connectivity index (χ0) is 39.6. The maximum absolute atomic E-state index is 12.5. The summed E-state index contributed by atoms with van der Waals surface area (Å²) < 4.78 is 0. The molecule has 0 bridgehead atoms. The van der Waals surface area contributed by atoms with E-state index >= 15 is 0 Å². The number of hydrogen-bond acceptors (Lipinski definition) is 5. The highest BCUT2D eigenvalue weighted by Gasteiger charge is 2.28. The Balaban J connectivity index is 3.71. The summed E-state index contributed by atoms with van der Waals surface area (Å²) in [5.74, 6) is -0.598. The van der Waals surface area contributed by atoms with Crippen molar-refractivity contribution in [3.8, 4) is 0 Å². The van der Waals surface area contributed by atoms with Crippen LogP contribution in [-0.4, -0.2) is 57.3 Å². The van der Waals surface area contributed by atoms with Gasteiger partial charge in [-0.3, -0.25) is 4.79 Å². The molecule has 0 heterocycles. The first-order chi connectivity index (χ1) is 26.5. The highest BCUT2D eigenvalue weighted by molar-refractivity contribution is 5.80. The number of carbonyl (C=O) groups is 1. The van der Waals surface area contributed by atoms with Crippen molar-refractivity contribution < 1.29 is 25.2 Å². The van der Waals surface area contributed by atoms with Crippen LogP contribution in [0.5, 0.6) is 0 Å². The summed E-state index contributed by atoms with van der Waals surface area (Å²) in [6.45, 7) is 4.03. The van der Waals surface area contributed by atoms with Crippen LogP contribution in [0.4, 0.5) is 0 Å². The van der Waals surface area contributed by atoms with E-state index in [1.807, 2.05) is 0 Å². The van der Waals surface area contributed by atoms with Crippen LogP contribution < -0.4 is 5.32 Å². The van der Waals surface area contributed by atoms with Gasteiger partial charge in [0.1, 0.15) is 12.2 Å². The molecule has 0 aliphatic carbocycles. The van der Waals surface area contributed by atoms with E-state index < -0.39 is 36.9 Å². The molecule has 0 saturated carbocycles. The highest BCUT2D eigenvalue weighted by Crippen LogP contribution is 2.16. The number of amides is 1. The number of allylic oxidation sites excluding steroid dienone is 4. The molecule has 6 heteroatoms. The van der Waals surface area contributed by atoms with Gasteiger partial charge in [0.15, 0.2) is 0 Å². The lowest BCUT2D eigenvalue weighted by molar-refractivity contribution is -0.132. The Bertz CT molecular complexity index is 817. The number of aliphatic hydroxyl groups is 4. The van der Waals surface area contributed by atoms with Gasteiger partial charge in [0.05, 0.1) is 18.8 Å². The van der Waals surface area contributed by atoms with Crippen LogP contribution in [-0.2, 0) is 4.79 Å². The van der Waals surface area contributed by atoms with Gasteiger partial charge in [-0.15, -0.1) is 0 Å². The van der Waals surface area contributed by atoms with Crippen LogP contribution in [0.25, 0.3) is 0 Å². The molecule has 0 rings (SSSR count). The van der Waals surface area contributed by atoms with Crippen molar-refractivity contribution >= 4 is 5.91 Å². The van der Waals surface area contributed by atoms with E-state index in [2.05, 4.69) is 43.5 Å². The molecule has 1 amide bonds. The van der Waals surface area contributed by atoms with Crippen molar-refractivity contribution in [2.45, 2.75) is 269 Å². The number of aliphatic hydroxyl groups excluding tert-OH is 4. The molecule has 320 valence electrons. The number of carbonyl (C=O) groups excluding carboxylic acids is 1. The van der Waals surface area contributed by atoms with Gasteiger partial charge in [-0.1, -0.05) is 205 Å². The second kappa shape index (κ2) is 42.9. The summed E-state index contributed by atoms with van der Waals surface area (Å²) in [6, 6.07) is -1.00. The third-order valence-corrected chi connectivity index (χ3v) is 11.1. The third-order valence-electron chi connectivity index (χ3n) is 11.1. The van der Waals surface area contributed by atoms with Gasteiger partial charge in [-0.05, 0) is 64.2 Å². The Hall–Kier alpha value is -1.21. The molecule has 0 fully saturated rings. The van der Waals surface area contributed by atoms with Crippen molar-refractivity contribution in [2.75, 3.05) is 6.61 Å². The second-order valence-corrected chi connectivity index (χ2v) is 16.4. The lowest BCUT2D eigenvalue weighted by atomic mass is 10.00. The van der Waals surface area contributed by atoms with Gasteiger partial charge < -0.3 is 25.7 Å². The maximum atomic E-state index is 12.5. The molecule has 5 N–H and O–H groups in total. The monoisotopic (exact) mass is 764 g/mol. The SMILES string of the molecule is CCCCCC/C=C\CCCCCCCCC(O)C(=O)NC(CO)C(O)C(O)CCC/C=C/CCCCCCCCCCCCCCCCCCCCC. The quantitative estimate of drug-likeness (QED) is 0.0314. The van der Waals surface area contributed by atoms with Gasteiger partial charge in [-0.2, -0.15) is 0 Å². The summed E-state index contributed by atoms with van der Waals surface area (Å²) in [4.78, 5) is 12.5. The van der Waals surface area contributed by atoms with E-state index in [0.29, 0.717) is 12.8 Å². The minimum absolute atomic E-state index is 0.356. The summed E-state index contributed by atoms with van der Waals surface area (Å²) in [5, 5.41) is 43.7. The molecule has 0 radical (unpaired) electrons. The number of rotatable bonds is 43. The predicted molar refractivity (Wildman–Crippen MR) is 233 cm³/mol. The zero-order valence-corrected chi connectivity index (χ0v) is 36.0. The van der Waals surface area contributed by atoms with Crippen molar-refractivity contribution in [3.05, 3.63) is 24.3 Å². The Morgan fingerprint density at radius 2 is 0.759 bits per heavy atom. The first kappa shape index (κ1) is 52.8. The average Bonchev–Trinajstić information content (AvgIpc) is 3.18. The molecular weight excluding hydrogens is 671 g/mol. The molecule has 0 aromatic rings. The molecule has 0 saturated heterocycles. The Labute approximate surface area is 335 Å². The van der Waals surface area contributed by atoms with E-state index in [-0.39, 0.29) is 0 Å². The Kier molecular flexibility index (Phi) is 42.0. The molecule has 4 atom stereocenters. The van der Waals surface area contributed by atoms with E-state index in [9.17, 15) is 25.2 Å². The van der Waals surface area contributed by atoms with Crippen LogP contribution in [0.2, 0.25) is 0 Å². The van der Waals surface area contributed by atoms with E-state index in [4.69, 9.17) is 0 Å². The zero-order valence-electron chi connectivity index (χ0n) is 36.0. The molecule has 0 aliphatic heterocycles.